The molecular weight excluding hydrogens is 452 g/mol. The molecule has 36 heavy (non-hydrogen) atoms. The van der Waals surface area contributed by atoms with Crippen LogP contribution in [0.4, 0.5) is 0 Å². The molecule has 6 nitrogen and oxygen atoms in total. The minimum absolute atomic E-state index is 0.0713. The number of carbonyl (C=O) groups excluding carboxylic acids is 2. The number of rotatable bonds is 7. The first-order valence-electron chi connectivity index (χ1n) is 11.5. The van der Waals surface area contributed by atoms with Crippen molar-refractivity contribution in [1.29, 1.82) is 0 Å². The van der Waals surface area contributed by atoms with Crippen LogP contribution < -0.4 is 5.32 Å². The number of carboxylic acid groups (broad SMARTS) is 1. The third kappa shape index (κ3) is 4.57. The van der Waals surface area contributed by atoms with E-state index in [1.165, 1.54) is 0 Å². The van der Waals surface area contributed by atoms with Crippen molar-refractivity contribution in [3.8, 4) is 0 Å². The first-order chi connectivity index (χ1) is 17.5. The van der Waals surface area contributed by atoms with Gasteiger partial charge in [0.05, 0.1) is 16.6 Å². The number of aliphatic carboxylic acids is 1. The SMILES string of the molecule is O=C(c1ccccc1)c1ccc(C[C@H](NC(=O)c2c3ccccc3nc3ccccc23)C(=O)O)cc1. The van der Waals surface area contributed by atoms with E-state index in [-0.39, 0.29) is 12.2 Å². The molecule has 0 unspecified atom stereocenters. The summed E-state index contributed by atoms with van der Waals surface area (Å²) in [4.78, 5) is 42.8. The van der Waals surface area contributed by atoms with Crippen LogP contribution in [-0.2, 0) is 11.2 Å². The molecule has 0 aliphatic heterocycles. The zero-order chi connectivity index (χ0) is 25.1. The highest BCUT2D eigenvalue weighted by Crippen LogP contribution is 2.26. The van der Waals surface area contributed by atoms with Crippen molar-refractivity contribution in [2.45, 2.75) is 12.5 Å². The van der Waals surface area contributed by atoms with Crippen molar-refractivity contribution >= 4 is 39.5 Å². The Morgan fingerprint density at radius 1 is 0.694 bits per heavy atom. The van der Waals surface area contributed by atoms with Crippen LogP contribution in [0, 0.1) is 0 Å². The van der Waals surface area contributed by atoms with Gasteiger partial charge in [-0.2, -0.15) is 0 Å². The van der Waals surface area contributed by atoms with Crippen molar-refractivity contribution in [3.63, 3.8) is 0 Å². The molecule has 0 bridgehead atoms. The van der Waals surface area contributed by atoms with Crippen LogP contribution in [0.1, 0.15) is 31.8 Å². The molecule has 0 saturated heterocycles. The van der Waals surface area contributed by atoms with Crippen molar-refractivity contribution in [2.75, 3.05) is 0 Å². The molecule has 0 radical (unpaired) electrons. The van der Waals surface area contributed by atoms with Crippen LogP contribution in [0.15, 0.2) is 103 Å². The molecular formula is C30H22N2O4. The number of para-hydroxylation sites is 2. The quantitative estimate of drug-likeness (QED) is 0.254. The van der Waals surface area contributed by atoms with Gasteiger partial charge >= 0.3 is 5.97 Å². The lowest BCUT2D eigenvalue weighted by molar-refractivity contribution is -0.139. The fourth-order valence-electron chi connectivity index (χ4n) is 4.30. The van der Waals surface area contributed by atoms with Gasteiger partial charge in [0.25, 0.3) is 5.91 Å². The number of nitrogens with zero attached hydrogens (tertiary/aromatic N) is 1. The number of fused-ring (bicyclic) bond motifs is 2. The number of pyridine rings is 1. The summed E-state index contributed by atoms with van der Waals surface area (Å²) in [6, 6.07) is 29.2. The second-order valence-electron chi connectivity index (χ2n) is 8.48. The monoisotopic (exact) mass is 474 g/mol. The zero-order valence-electron chi connectivity index (χ0n) is 19.2. The van der Waals surface area contributed by atoms with E-state index in [2.05, 4.69) is 10.3 Å². The number of amides is 1. The van der Waals surface area contributed by atoms with E-state index in [4.69, 9.17) is 0 Å². The van der Waals surface area contributed by atoms with Crippen molar-refractivity contribution in [1.82, 2.24) is 10.3 Å². The molecule has 0 saturated carbocycles. The van der Waals surface area contributed by atoms with Gasteiger partial charge in [-0.05, 0) is 17.7 Å². The minimum atomic E-state index is -1.15. The molecule has 176 valence electrons. The van der Waals surface area contributed by atoms with E-state index in [1.54, 1.807) is 48.5 Å². The largest absolute Gasteiger partial charge is 0.480 e. The Labute approximate surface area is 207 Å². The Morgan fingerprint density at radius 3 is 1.81 bits per heavy atom. The minimum Gasteiger partial charge on any atom is -0.480 e. The van der Waals surface area contributed by atoms with Crippen LogP contribution in [-0.4, -0.2) is 33.8 Å². The van der Waals surface area contributed by atoms with Gasteiger partial charge in [-0.15, -0.1) is 0 Å². The van der Waals surface area contributed by atoms with Crippen LogP contribution in [0.25, 0.3) is 21.8 Å². The standard InChI is InChI=1S/C30H22N2O4/c33-28(20-8-2-1-3-9-20)21-16-14-19(15-17-21)18-26(30(35)36)32-29(34)27-22-10-4-6-12-24(22)31-25-13-7-5-11-23(25)27/h1-17,26H,18H2,(H,32,34)(H,35,36)/t26-/m0/s1. The van der Waals surface area contributed by atoms with Crippen molar-refractivity contribution < 1.29 is 19.5 Å². The molecule has 0 aliphatic rings. The molecule has 4 aromatic carbocycles. The smallest absolute Gasteiger partial charge is 0.326 e. The number of hydrogen-bond acceptors (Lipinski definition) is 4. The van der Waals surface area contributed by atoms with Crippen LogP contribution >= 0.6 is 0 Å². The summed E-state index contributed by atoms with van der Waals surface area (Å²) in [6.45, 7) is 0. The summed E-state index contributed by atoms with van der Waals surface area (Å²) >= 11 is 0. The summed E-state index contributed by atoms with van der Waals surface area (Å²) in [6.07, 6.45) is 0.0713. The van der Waals surface area contributed by atoms with E-state index in [9.17, 15) is 19.5 Å². The first kappa shape index (κ1) is 22.9. The van der Waals surface area contributed by atoms with Gasteiger partial charge in [-0.25, -0.2) is 9.78 Å². The van der Waals surface area contributed by atoms with E-state index in [1.807, 2.05) is 54.6 Å². The highest BCUT2D eigenvalue weighted by atomic mass is 16.4. The van der Waals surface area contributed by atoms with Gasteiger partial charge in [0.2, 0.25) is 0 Å². The van der Waals surface area contributed by atoms with Gasteiger partial charge in [0.15, 0.2) is 5.78 Å². The lowest BCUT2D eigenvalue weighted by Gasteiger charge is -2.17. The molecule has 2 N–H and O–H groups in total. The number of nitrogens with one attached hydrogen (secondary N) is 1. The summed E-state index contributed by atoms with van der Waals surface area (Å²) in [5, 5.41) is 13.9. The molecule has 5 aromatic rings. The van der Waals surface area contributed by atoms with E-state index >= 15 is 0 Å². The second kappa shape index (κ2) is 9.80. The summed E-state index contributed by atoms with van der Waals surface area (Å²) in [7, 11) is 0. The van der Waals surface area contributed by atoms with Crippen molar-refractivity contribution in [3.05, 3.63) is 125 Å². The number of ketones is 1. The maximum Gasteiger partial charge on any atom is 0.326 e. The Kier molecular flexibility index (Phi) is 6.24. The van der Waals surface area contributed by atoms with Gasteiger partial charge in [0, 0.05) is 28.3 Å². The van der Waals surface area contributed by atoms with Crippen LogP contribution in [0.2, 0.25) is 0 Å². The molecule has 5 rings (SSSR count). The third-order valence-electron chi connectivity index (χ3n) is 6.11. The summed E-state index contributed by atoms with van der Waals surface area (Å²) < 4.78 is 0. The molecule has 1 aromatic heterocycles. The maximum atomic E-state index is 13.4. The topological polar surface area (TPSA) is 96.4 Å². The Hall–Kier alpha value is -4.84. The highest BCUT2D eigenvalue weighted by Gasteiger charge is 2.24. The number of hydrogen-bond donors (Lipinski definition) is 2. The van der Waals surface area contributed by atoms with E-state index in [0.717, 1.165) is 0 Å². The Balaban J connectivity index is 1.40. The van der Waals surface area contributed by atoms with Crippen LogP contribution in [0.5, 0.6) is 0 Å². The molecule has 0 spiro atoms. The number of aromatic nitrogens is 1. The predicted octanol–water partition coefficient (Wildman–Crippen LogP) is 5.04. The summed E-state index contributed by atoms with van der Waals surface area (Å²) in [5.41, 5.74) is 3.50. The predicted molar refractivity (Wildman–Crippen MR) is 138 cm³/mol. The third-order valence-corrected chi connectivity index (χ3v) is 6.11. The van der Waals surface area contributed by atoms with Gasteiger partial charge in [-0.1, -0.05) is 91.0 Å². The number of carbonyl (C=O) groups is 3. The van der Waals surface area contributed by atoms with Crippen molar-refractivity contribution in [2.24, 2.45) is 0 Å². The molecule has 1 atom stereocenters. The van der Waals surface area contributed by atoms with Gasteiger partial charge < -0.3 is 10.4 Å². The molecule has 1 heterocycles. The fraction of sp³-hybridized carbons (Fsp3) is 0.0667. The van der Waals surface area contributed by atoms with E-state index < -0.39 is 17.9 Å². The molecule has 0 aliphatic carbocycles. The first-order valence-corrected chi connectivity index (χ1v) is 11.5. The lowest BCUT2D eigenvalue weighted by Crippen LogP contribution is -2.42. The fourth-order valence-corrected chi connectivity index (χ4v) is 4.30. The average Bonchev–Trinajstić information content (AvgIpc) is 2.91. The second-order valence-corrected chi connectivity index (χ2v) is 8.48. The highest BCUT2D eigenvalue weighted by molar-refractivity contribution is 6.16. The average molecular weight is 475 g/mol. The van der Waals surface area contributed by atoms with E-state index in [0.29, 0.717) is 44.1 Å². The zero-order valence-corrected chi connectivity index (χ0v) is 19.2. The van der Waals surface area contributed by atoms with Crippen LogP contribution in [0.3, 0.4) is 0 Å². The molecule has 6 heteroatoms. The lowest BCUT2D eigenvalue weighted by atomic mass is 9.98. The maximum absolute atomic E-state index is 13.4. The molecule has 1 amide bonds. The summed E-state index contributed by atoms with van der Waals surface area (Å²) in [5.74, 6) is -1.73. The number of carboxylic acids is 1. The van der Waals surface area contributed by atoms with Gasteiger partial charge in [-0.3, -0.25) is 9.59 Å². The van der Waals surface area contributed by atoms with Gasteiger partial charge in [0.1, 0.15) is 6.04 Å². The number of benzene rings is 4. The Bertz CT molecular complexity index is 1540. The Morgan fingerprint density at radius 2 is 1.22 bits per heavy atom. The molecule has 0 fully saturated rings. The normalized spacial score (nSPS) is 11.8.